The maximum Gasteiger partial charge on any atom is 0.266 e. The highest BCUT2D eigenvalue weighted by molar-refractivity contribution is 7.20. The van der Waals surface area contributed by atoms with Gasteiger partial charge in [-0.05, 0) is 55.9 Å². The summed E-state index contributed by atoms with van der Waals surface area (Å²) < 4.78 is 1.23. The number of carbonyl (C=O) groups is 2. The molecule has 0 unspecified atom stereocenters. The molecule has 1 aromatic carbocycles. The number of amides is 2. The van der Waals surface area contributed by atoms with Crippen LogP contribution in [-0.2, 0) is 24.2 Å². The number of hydrogen-bond acceptors (Lipinski definition) is 7. The van der Waals surface area contributed by atoms with Crippen molar-refractivity contribution in [3.05, 3.63) is 73.5 Å². The molecule has 35 heavy (non-hydrogen) atoms. The molecule has 10 heteroatoms. The second kappa shape index (κ2) is 9.44. The van der Waals surface area contributed by atoms with Crippen LogP contribution in [0.2, 0.25) is 0 Å². The van der Waals surface area contributed by atoms with Crippen LogP contribution in [0.1, 0.15) is 44.1 Å². The first-order valence-electron chi connectivity index (χ1n) is 11.2. The molecule has 0 radical (unpaired) electrons. The summed E-state index contributed by atoms with van der Waals surface area (Å²) in [5, 5.41) is 16.1. The molecule has 0 aliphatic heterocycles. The molecule has 3 heterocycles. The highest BCUT2D eigenvalue weighted by Crippen LogP contribution is 2.37. The Morgan fingerprint density at radius 1 is 1.14 bits per heavy atom. The molecule has 2 amide bonds. The monoisotopic (exact) mass is 503 g/mol. The fraction of sp³-hybridized carbons (Fsp3) is 0.240. The molecule has 0 saturated heterocycles. The van der Waals surface area contributed by atoms with Gasteiger partial charge in [-0.15, -0.1) is 22.7 Å². The van der Waals surface area contributed by atoms with Crippen LogP contribution in [-0.4, -0.2) is 21.4 Å². The Labute approximate surface area is 208 Å². The van der Waals surface area contributed by atoms with Gasteiger partial charge in [0.25, 0.3) is 11.5 Å². The summed E-state index contributed by atoms with van der Waals surface area (Å²) in [7, 11) is 0. The zero-order valence-corrected chi connectivity index (χ0v) is 20.5. The zero-order valence-electron chi connectivity index (χ0n) is 18.9. The van der Waals surface area contributed by atoms with Crippen molar-refractivity contribution in [1.82, 2.24) is 9.55 Å². The lowest BCUT2D eigenvalue weighted by Gasteiger charge is -2.09. The van der Waals surface area contributed by atoms with E-state index in [1.165, 1.54) is 22.2 Å². The van der Waals surface area contributed by atoms with Crippen molar-refractivity contribution in [3.8, 4) is 6.07 Å². The molecule has 2 N–H and O–H groups in total. The number of rotatable bonds is 5. The second-order valence-corrected chi connectivity index (χ2v) is 10.4. The van der Waals surface area contributed by atoms with E-state index in [0.717, 1.165) is 47.5 Å². The molecular formula is C25H21N5O3S2. The van der Waals surface area contributed by atoms with Gasteiger partial charge in [0, 0.05) is 10.6 Å². The van der Waals surface area contributed by atoms with Gasteiger partial charge in [0.05, 0.1) is 22.2 Å². The summed E-state index contributed by atoms with van der Waals surface area (Å²) in [6.07, 6.45) is 5.21. The Balaban J connectivity index is 1.38. The Kier molecular flexibility index (Phi) is 6.19. The number of hydrogen-bond donors (Lipinski definition) is 2. The molecule has 0 fully saturated rings. The fourth-order valence-electron chi connectivity index (χ4n) is 4.29. The third kappa shape index (κ3) is 4.36. The van der Waals surface area contributed by atoms with E-state index in [4.69, 9.17) is 0 Å². The number of para-hydroxylation sites is 1. The molecule has 0 spiro atoms. The third-order valence-electron chi connectivity index (χ3n) is 6.01. The normalized spacial score (nSPS) is 12.7. The SMILES string of the molecule is Cc1c(C(=O)Nc2ccccc2)sc2ncn(CC(=O)Nc3sc4c(c3C#N)CCCC4)c(=O)c12. The van der Waals surface area contributed by atoms with Gasteiger partial charge >= 0.3 is 0 Å². The Hall–Kier alpha value is -3.81. The average Bonchev–Trinajstić information content (AvgIpc) is 3.38. The van der Waals surface area contributed by atoms with E-state index in [0.29, 0.717) is 36.9 Å². The maximum absolute atomic E-state index is 13.2. The topological polar surface area (TPSA) is 117 Å². The zero-order chi connectivity index (χ0) is 24.5. The minimum Gasteiger partial charge on any atom is -0.321 e. The molecule has 8 nitrogen and oxygen atoms in total. The molecular weight excluding hydrogens is 482 g/mol. The van der Waals surface area contributed by atoms with Gasteiger partial charge in [-0.1, -0.05) is 18.2 Å². The van der Waals surface area contributed by atoms with Crippen molar-refractivity contribution in [3.63, 3.8) is 0 Å². The standard InChI is InChI=1S/C25H21N5O3S2/c1-14-20-24(35-21(14)22(32)28-15-7-3-2-4-8-15)27-13-30(25(20)33)12-19(31)29-23-17(11-26)16-9-5-6-10-18(16)34-23/h2-4,7-8,13H,5-6,9-10,12H2,1H3,(H,28,32)(H,29,31). The smallest absolute Gasteiger partial charge is 0.266 e. The molecule has 0 saturated carbocycles. The molecule has 1 aliphatic carbocycles. The number of anilines is 2. The summed E-state index contributed by atoms with van der Waals surface area (Å²) >= 11 is 2.59. The van der Waals surface area contributed by atoms with E-state index in [9.17, 15) is 19.6 Å². The van der Waals surface area contributed by atoms with E-state index < -0.39 is 5.91 Å². The van der Waals surface area contributed by atoms with E-state index in [1.807, 2.05) is 18.2 Å². The number of carbonyl (C=O) groups excluding carboxylic acids is 2. The number of nitriles is 1. The number of nitrogens with one attached hydrogen (secondary N) is 2. The van der Waals surface area contributed by atoms with Gasteiger partial charge in [0.2, 0.25) is 5.91 Å². The summed E-state index contributed by atoms with van der Waals surface area (Å²) in [5.41, 5.74) is 2.37. The van der Waals surface area contributed by atoms with E-state index in [2.05, 4.69) is 21.7 Å². The minimum absolute atomic E-state index is 0.240. The first-order valence-corrected chi connectivity index (χ1v) is 12.8. The molecule has 0 atom stereocenters. The molecule has 176 valence electrons. The number of thiophene rings is 2. The first kappa shape index (κ1) is 23.0. The lowest BCUT2D eigenvalue weighted by atomic mass is 9.96. The lowest BCUT2D eigenvalue weighted by Crippen LogP contribution is -2.28. The van der Waals surface area contributed by atoms with E-state index in [1.54, 1.807) is 19.1 Å². The Morgan fingerprint density at radius 2 is 1.91 bits per heavy atom. The van der Waals surface area contributed by atoms with Crippen LogP contribution in [0.25, 0.3) is 10.2 Å². The average molecular weight is 504 g/mol. The van der Waals surface area contributed by atoms with Crippen molar-refractivity contribution in [2.45, 2.75) is 39.2 Å². The number of aryl methyl sites for hydroxylation is 2. The van der Waals surface area contributed by atoms with Crippen LogP contribution in [0.5, 0.6) is 0 Å². The molecule has 5 rings (SSSR count). The number of fused-ring (bicyclic) bond motifs is 2. The van der Waals surface area contributed by atoms with Crippen LogP contribution in [0.15, 0.2) is 41.5 Å². The molecule has 4 aromatic rings. The van der Waals surface area contributed by atoms with Crippen molar-refractivity contribution < 1.29 is 9.59 Å². The van der Waals surface area contributed by atoms with Crippen LogP contribution < -0.4 is 16.2 Å². The van der Waals surface area contributed by atoms with Crippen LogP contribution in [0.4, 0.5) is 10.7 Å². The predicted octanol–water partition coefficient (Wildman–Crippen LogP) is 4.47. The van der Waals surface area contributed by atoms with Gasteiger partial charge in [-0.25, -0.2) is 4.98 Å². The Morgan fingerprint density at radius 3 is 2.69 bits per heavy atom. The number of benzene rings is 1. The van der Waals surface area contributed by atoms with Crippen LogP contribution >= 0.6 is 22.7 Å². The Bertz CT molecular complexity index is 1560. The largest absolute Gasteiger partial charge is 0.321 e. The highest BCUT2D eigenvalue weighted by atomic mass is 32.1. The summed E-state index contributed by atoms with van der Waals surface area (Å²) in [6, 6.07) is 11.3. The van der Waals surface area contributed by atoms with Gasteiger partial charge in [-0.2, -0.15) is 5.26 Å². The van der Waals surface area contributed by atoms with Crippen molar-refractivity contribution >= 4 is 55.4 Å². The minimum atomic E-state index is -0.404. The molecule has 3 aromatic heterocycles. The van der Waals surface area contributed by atoms with Crippen LogP contribution in [0.3, 0.4) is 0 Å². The van der Waals surface area contributed by atoms with Gasteiger partial charge in [0.15, 0.2) is 0 Å². The van der Waals surface area contributed by atoms with Gasteiger partial charge in [0.1, 0.15) is 22.4 Å². The summed E-state index contributed by atoms with van der Waals surface area (Å²) in [6.45, 7) is 1.47. The van der Waals surface area contributed by atoms with Crippen molar-refractivity contribution in [2.75, 3.05) is 10.6 Å². The van der Waals surface area contributed by atoms with Gasteiger partial charge < -0.3 is 10.6 Å². The summed E-state index contributed by atoms with van der Waals surface area (Å²) in [5.74, 6) is -0.718. The van der Waals surface area contributed by atoms with Crippen LogP contribution in [0, 0.1) is 18.3 Å². The van der Waals surface area contributed by atoms with E-state index in [-0.39, 0.29) is 18.0 Å². The lowest BCUT2D eigenvalue weighted by molar-refractivity contribution is -0.116. The second-order valence-electron chi connectivity index (χ2n) is 8.31. The number of nitrogens with zero attached hydrogens (tertiary/aromatic N) is 3. The highest BCUT2D eigenvalue weighted by Gasteiger charge is 2.23. The maximum atomic E-state index is 13.2. The molecule has 1 aliphatic rings. The molecule has 0 bridgehead atoms. The third-order valence-corrected chi connectivity index (χ3v) is 8.41. The van der Waals surface area contributed by atoms with E-state index >= 15 is 0 Å². The number of aromatic nitrogens is 2. The summed E-state index contributed by atoms with van der Waals surface area (Å²) in [4.78, 5) is 45.1. The quantitative estimate of drug-likeness (QED) is 0.417. The van der Waals surface area contributed by atoms with Crippen molar-refractivity contribution in [2.24, 2.45) is 0 Å². The van der Waals surface area contributed by atoms with Gasteiger partial charge in [-0.3, -0.25) is 19.0 Å². The predicted molar refractivity (Wildman–Crippen MR) is 137 cm³/mol. The fourth-order valence-corrected chi connectivity index (χ4v) is 6.58. The first-order chi connectivity index (χ1) is 17.0. The van der Waals surface area contributed by atoms with Crippen molar-refractivity contribution in [1.29, 1.82) is 5.26 Å².